The van der Waals surface area contributed by atoms with Crippen molar-refractivity contribution >= 4 is 64.8 Å². The number of hydrogen-bond acceptors (Lipinski definition) is 13. The number of nitrogens with zero attached hydrogens (tertiary/aromatic N) is 2. The van der Waals surface area contributed by atoms with Gasteiger partial charge in [0.1, 0.15) is 40.7 Å². The summed E-state index contributed by atoms with van der Waals surface area (Å²) in [6.45, 7) is 6.83. The van der Waals surface area contributed by atoms with Crippen LogP contribution in [0.15, 0.2) is 35.9 Å². The molecule has 1 aromatic rings. The zero-order valence-electron chi connectivity index (χ0n) is 34.6. The molecular weight excluding hydrogens is 812 g/mol. The summed E-state index contributed by atoms with van der Waals surface area (Å²) in [5.41, 5.74) is -1.11. The normalized spacial score (nSPS) is 29.0. The number of aliphatic carboxylic acids is 1. The Morgan fingerprint density at radius 3 is 2.58 bits per heavy atom. The van der Waals surface area contributed by atoms with Crippen molar-refractivity contribution in [3.8, 4) is 5.75 Å². The molecule has 17 nitrogen and oxygen atoms in total. The van der Waals surface area contributed by atoms with Gasteiger partial charge in [0.2, 0.25) is 17.7 Å². The Bertz CT molecular complexity index is 1830. The average Bonchev–Trinajstić information content (AvgIpc) is 3.88. The van der Waals surface area contributed by atoms with Gasteiger partial charge in [-0.2, -0.15) is 11.8 Å². The molecule has 4 amide bonds. The molecule has 4 bridgehead atoms. The van der Waals surface area contributed by atoms with Gasteiger partial charge in [-0.25, -0.2) is 9.59 Å². The number of carboxylic acids is 1. The number of hydrogen-bond donors (Lipinski definition) is 4. The monoisotopic (exact) mass is 866 g/mol. The molecule has 4 N–H and O–H groups in total. The van der Waals surface area contributed by atoms with Crippen molar-refractivity contribution in [1.29, 1.82) is 0 Å². The fourth-order valence-electron chi connectivity index (χ4n) is 7.08. The molecule has 4 rings (SSSR count). The molecule has 3 heterocycles. The van der Waals surface area contributed by atoms with Crippen LogP contribution in [-0.4, -0.2) is 139 Å². The Morgan fingerprint density at radius 1 is 1.20 bits per heavy atom. The first-order valence-electron chi connectivity index (χ1n) is 19.2. The lowest BCUT2D eigenvalue weighted by molar-refractivity contribution is -0.162. The third-order valence-corrected chi connectivity index (χ3v) is 12.2. The Kier molecular flexibility index (Phi) is 16.3. The highest BCUT2D eigenvalue weighted by atomic mass is 35.5. The number of carboxylic acid groups (broad SMARTS) is 1. The number of thioether (sulfide) groups is 1. The van der Waals surface area contributed by atoms with E-state index in [0.29, 0.717) is 17.9 Å². The molecule has 326 valence electrons. The number of anilines is 1. The van der Waals surface area contributed by atoms with E-state index in [4.69, 9.17) is 40.4 Å². The van der Waals surface area contributed by atoms with E-state index in [1.54, 1.807) is 45.2 Å². The minimum Gasteiger partial charge on any atom is -0.495 e. The molecule has 0 aliphatic carbocycles. The molecule has 0 radical (unpaired) electrons. The van der Waals surface area contributed by atoms with E-state index in [1.807, 2.05) is 13.0 Å². The van der Waals surface area contributed by atoms with E-state index in [0.717, 1.165) is 11.1 Å². The number of halogens is 1. The van der Waals surface area contributed by atoms with Gasteiger partial charge in [-0.15, -0.1) is 0 Å². The highest BCUT2D eigenvalue weighted by Gasteiger charge is 2.64. The van der Waals surface area contributed by atoms with Crippen LogP contribution in [-0.2, 0) is 49.3 Å². The third-order valence-electron chi connectivity index (χ3n) is 10.9. The molecule has 59 heavy (non-hydrogen) atoms. The summed E-state index contributed by atoms with van der Waals surface area (Å²) >= 11 is 7.94. The smallest absolute Gasteiger partial charge is 0.409 e. The van der Waals surface area contributed by atoms with E-state index in [2.05, 4.69) is 10.6 Å². The molecule has 2 fully saturated rings. The molecular formula is C40H55ClN4O13S. The van der Waals surface area contributed by atoms with Crippen molar-refractivity contribution in [3.05, 3.63) is 46.5 Å². The Hall–Kier alpha value is -4.36. The minimum atomic E-state index is -1.86. The van der Waals surface area contributed by atoms with Crippen LogP contribution in [0, 0.1) is 5.92 Å². The van der Waals surface area contributed by atoms with Crippen LogP contribution in [0.3, 0.4) is 0 Å². The predicted molar refractivity (Wildman–Crippen MR) is 218 cm³/mol. The number of nitrogens with one attached hydrogen (secondary N) is 2. The van der Waals surface area contributed by atoms with E-state index in [9.17, 15) is 33.9 Å². The first-order chi connectivity index (χ1) is 27.7. The lowest BCUT2D eigenvalue weighted by atomic mass is 9.83. The number of epoxide rings is 1. The number of rotatable bonds is 13. The molecule has 0 saturated carbocycles. The first-order valence-corrected chi connectivity index (χ1v) is 20.7. The number of aliphatic hydroxyl groups is 1. The third kappa shape index (κ3) is 11.9. The van der Waals surface area contributed by atoms with Crippen molar-refractivity contribution in [1.82, 2.24) is 15.5 Å². The zero-order chi connectivity index (χ0) is 43.8. The molecule has 0 unspecified atom stereocenters. The van der Waals surface area contributed by atoms with Gasteiger partial charge in [0, 0.05) is 52.3 Å². The molecule has 3 aliphatic rings. The quantitative estimate of drug-likeness (QED) is 0.127. The number of allylic oxidation sites excluding steroid dienone is 3. The average molecular weight is 867 g/mol. The largest absolute Gasteiger partial charge is 0.495 e. The number of fused-ring (bicyclic) bond motifs is 5. The molecule has 19 heteroatoms. The molecule has 0 spiro atoms. The Labute approximate surface area is 353 Å². The van der Waals surface area contributed by atoms with Crippen molar-refractivity contribution in [2.45, 2.75) is 102 Å². The second-order valence-electron chi connectivity index (χ2n) is 15.2. The van der Waals surface area contributed by atoms with Crippen molar-refractivity contribution in [2.75, 3.05) is 51.3 Å². The van der Waals surface area contributed by atoms with Gasteiger partial charge < -0.3 is 49.0 Å². The summed E-state index contributed by atoms with van der Waals surface area (Å²) in [4.78, 5) is 79.2. The number of methoxy groups -OCH3 is 2. The molecule has 1 aromatic carbocycles. The van der Waals surface area contributed by atoms with Crippen molar-refractivity contribution in [3.63, 3.8) is 0 Å². The van der Waals surface area contributed by atoms with E-state index >= 15 is 0 Å². The summed E-state index contributed by atoms with van der Waals surface area (Å²) in [6.07, 6.45) is 0.302. The van der Waals surface area contributed by atoms with Gasteiger partial charge in [0.05, 0.1) is 37.5 Å². The lowest BCUT2D eigenvalue weighted by Gasteiger charge is -2.42. The highest BCUT2D eigenvalue weighted by molar-refractivity contribution is 7.99. The van der Waals surface area contributed by atoms with Crippen LogP contribution < -0.4 is 20.3 Å². The summed E-state index contributed by atoms with van der Waals surface area (Å²) < 4.78 is 29.2. The number of alkyl carbamates (subject to hydrolysis) is 1. The summed E-state index contributed by atoms with van der Waals surface area (Å²) in [5.74, 6) is -3.04. The van der Waals surface area contributed by atoms with Gasteiger partial charge in [0.15, 0.2) is 5.72 Å². The number of carbonyl (C=O) groups excluding carboxylic acids is 5. The maximum absolute atomic E-state index is 14.2. The maximum atomic E-state index is 14.2. The van der Waals surface area contributed by atoms with Gasteiger partial charge in [0.25, 0.3) is 0 Å². The van der Waals surface area contributed by atoms with Crippen LogP contribution >= 0.6 is 23.4 Å². The zero-order valence-corrected chi connectivity index (χ0v) is 36.1. The van der Waals surface area contributed by atoms with E-state index in [-0.39, 0.29) is 54.7 Å². The number of benzene rings is 1. The molecule has 3 aliphatic heterocycles. The fraction of sp³-hybridized carbons (Fsp3) is 0.600. The SMILES string of the molecule is COc1cc2cc(c1Cl)N(C)C(=O)C[C@H](OC(=O)[C@H](C)N(C)C(=O)CCSCC(=O)NCCC(=O)O)[C@]1(C)O[C@H]1[C@H](C)[C@@H]1C[C@@](O)(NC(=O)O1)[C@H](OC)/C=C/C=C(\C)C2. The number of carbonyl (C=O) groups is 6. The molecule has 8 atom stereocenters. The summed E-state index contributed by atoms with van der Waals surface area (Å²) in [6, 6.07) is 2.44. The van der Waals surface area contributed by atoms with Crippen molar-refractivity contribution in [2.24, 2.45) is 5.92 Å². The van der Waals surface area contributed by atoms with Crippen molar-refractivity contribution < 1.29 is 62.7 Å². The second-order valence-corrected chi connectivity index (χ2v) is 16.7. The molecule has 0 aromatic heterocycles. The van der Waals surface area contributed by atoms with Gasteiger partial charge in [-0.3, -0.25) is 24.5 Å². The topological polar surface area (TPSA) is 223 Å². The van der Waals surface area contributed by atoms with Crippen LogP contribution in [0.1, 0.15) is 58.9 Å². The van der Waals surface area contributed by atoms with Gasteiger partial charge in [-0.1, -0.05) is 42.3 Å². The van der Waals surface area contributed by atoms with Gasteiger partial charge in [-0.05, 0) is 44.9 Å². The minimum absolute atomic E-state index is 0.00262. The summed E-state index contributed by atoms with van der Waals surface area (Å²) in [5, 5.41) is 25.7. The van der Waals surface area contributed by atoms with E-state index in [1.165, 1.54) is 49.8 Å². The van der Waals surface area contributed by atoms with E-state index < -0.39 is 77.5 Å². The Balaban J connectivity index is 1.60. The van der Waals surface area contributed by atoms with Crippen LogP contribution in [0.4, 0.5) is 10.5 Å². The number of ether oxygens (including phenoxy) is 5. The maximum Gasteiger partial charge on any atom is 0.409 e. The summed E-state index contributed by atoms with van der Waals surface area (Å²) in [7, 11) is 5.86. The predicted octanol–water partition coefficient (Wildman–Crippen LogP) is 3.23. The van der Waals surface area contributed by atoms with Gasteiger partial charge >= 0.3 is 18.0 Å². The highest BCUT2D eigenvalue weighted by Crippen LogP contribution is 2.49. The van der Waals surface area contributed by atoms with Crippen LogP contribution in [0.5, 0.6) is 5.75 Å². The van der Waals surface area contributed by atoms with Crippen LogP contribution in [0.25, 0.3) is 0 Å². The lowest BCUT2D eigenvalue weighted by Crippen LogP contribution is -2.63. The number of amides is 4. The number of esters is 1. The number of likely N-dealkylation sites (N-methyl/N-ethyl adjacent to an activating group) is 1. The second kappa shape index (κ2) is 20.3. The molecule has 2 saturated heterocycles. The fourth-order valence-corrected chi connectivity index (χ4v) is 8.14. The Morgan fingerprint density at radius 2 is 1.92 bits per heavy atom. The van der Waals surface area contributed by atoms with Crippen LogP contribution in [0.2, 0.25) is 5.02 Å². The standard InChI is InChI=1S/C40H55ClN4O13S/c1-22-10-9-11-29(55-8)40(53)20-28(56-38(52)43-40)23(2)36-39(4,58-36)30(19-33(48)45(6)26-17-25(16-22)18-27(54-7)35(26)41)57-37(51)24(3)44(5)32(47)13-15-59-21-31(46)42-14-12-34(49)50/h9-11,17-18,23-24,28-30,36,53H,12-16,19-21H2,1-8H3,(H,42,46)(H,43,52)(H,49,50)/b11-9+,22-10+/t23-,24+,28+,29-,30+,36+,39+,40+/m1/s1. The first kappa shape index (κ1) is 47.3.